The van der Waals surface area contributed by atoms with Crippen LogP contribution in [-0.4, -0.2) is 28.5 Å². The normalized spacial score (nSPS) is 15.6. The summed E-state index contributed by atoms with van der Waals surface area (Å²) in [4.78, 5) is 12.6. The lowest BCUT2D eigenvalue weighted by Gasteiger charge is -2.21. The molecule has 3 rings (SSSR count). The highest BCUT2D eigenvalue weighted by molar-refractivity contribution is 5.88. The molecule has 1 aliphatic rings. The zero-order valence-electron chi connectivity index (χ0n) is 14.0. The van der Waals surface area contributed by atoms with Crippen molar-refractivity contribution in [2.45, 2.75) is 20.0 Å². The van der Waals surface area contributed by atoms with Gasteiger partial charge in [-0.1, -0.05) is 30.3 Å². The molecular weight excluding hydrogens is 304 g/mol. The maximum Gasteiger partial charge on any atom is 0.239 e. The molecule has 0 amide bonds. The molecule has 0 bridgehead atoms. The highest BCUT2D eigenvalue weighted by atomic mass is 16.5. The summed E-state index contributed by atoms with van der Waals surface area (Å²) in [5.74, 6) is 1.26. The lowest BCUT2D eigenvalue weighted by atomic mass is 10.1. The number of ether oxygens (including phenoxy) is 2. The maximum absolute atomic E-state index is 6.16. The number of aryl methyl sites for hydroxylation is 2. The lowest BCUT2D eigenvalue weighted by molar-refractivity contribution is 0.159. The fourth-order valence-electron chi connectivity index (χ4n) is 2.48. The predicted octanol–water partition coefficient (Wildman–Crippen LogP) is 3.26. The number of aliphatic imine (C=N–C) groups is 2. The van der Waals surface area contributed by atoms with Crippen LogP contribution in [0, 0.1) is 6.92 Å². The molecule has 6 nitrogen and oxygen atoms in total. The van der Waals surface area contributed by atoms with Crippen LogP contribution in [0.15, 0.2) is 52.4 Å². The number of benzene rings is 1. The first-order valence-corrected chi connectivity index (χ1v) is 7.72. The molecule has 24 heavy (non-hydrogen) atoms. The number of nitrogens with zero attached hydrogens (tertiary/aromatic N) is 4. The molecule has 6 heteroatoms. The van der Waals surface area contributed by atoms with E-state index in [-0.39, 0.29) is 0 Å². The van der Waals surface area contributed by atoms with Crippen LogP contribution in [0.2, 0.25) is 0 Å². The quantitative estimate of drug-likeness (QED) is 0.793. The van der Waals surface area contributed by atoms with E-state index in [1.165, 1.54) is 6.40 Å². The molecule has 1 aliphatic heterocycles. The van der Waals surface area contributed by atoms with E-state index in [2.05, 4.69) is 15.0 Å². The van der Waals surface area contributed by atoms with Crippen molar-refractivity contribution in [1.29, 1.82) is 0 Å². The minimum Gasteiger partial charge on any atom is -0.480 e. The van der Waals surface area contributed by atoms with Gasteiger partial charge in [0.15, 0.2) is 12.5 Å². The Morgan fingerprint density at radius 1 is 1.33 bits per heavy atom. The average Bonchev–Trinajstić information content (AvgIpc) is 2.93. The molecule has 1 unspecified atom stereocenters. The zero-order valence-corrected chi connectivity index (χ0v) is 14.0. The zero-order chi connectivity index (χ0) is 16.9. The molecule has 0 aliphatic carbocycles. The molecule has 0 radical (unpaired) electrons. The van der Waals surface area contributed by atoms with Gasteiger partial charge in [-0.2, -0.15) is 0 Å². The van der Waals surface area contributed by atoms with E-state index in [1.54, 1.807) is 6.33 Å². The summed E-state index contributed by atoms with van der Waals surface area (Å²) in [5, 5.41) is 0. The van der Waals surface area contributed by atoms with Gasteiger partial charge in [0.1, 0.15) is 6.67 Å². The third-order valence-electron chi connectivity index (χ3n) is 3.70. The molecule has 1 aromatic heterocycles. The summed E-state index contributed by atoms with van der Waals surface area (Å²) in [6.45, 7) is 4.24. The van der Waals surface area contributed by atoms with Crippen LogP contribution in [0.5, 0.6) is 0 Å². The number of aromatic nitrogens is 2. The first kappa shape index (κ1) is 16.0. The van der Waals surface area contributed by atoms with Crippen LogP contribution < -0.4 is 0 Å². The van der Waals surface area contributed by atoms with Crippen LogP contribution in [0.1, 0.15) is 30.0 Å². The van der Waals surface area contributed by atoms with Gasteiger partial charge < -0.3 is 14.0 Å². The number of imidazole rings is 1. The molecule has 0 saturated heterocycles. The summed E-state index contributed by atoms with van der Waals surface area (Å²) in [6.07, 6.45) is 4.75. The van der Waals surface area contributed by atoms with Crippen LogP contribution in [0.25, 0.3) is 6.08 Å². The monoisotopic (exact) mass is 324 g/mol. The van der Waals surface area contributed by atoms with E-state index in [0.717, 1.165) is 22.7 Å². The Labute approximate surface area is 141 Å². The molecular formula is C18H20N4O2. The van der Waals surface area contributed by atoms with Crippen molar-refractivity contribution in [3.8, 4) is 0 Å². The molecule has 124 valence electrons. The van der Waals surface area contributed by atoms with Gasteiger partial charge in [-0.15, -0.1) is 0 Å². The number of hydrogen-bond donors (Lipinski definition) is 0. The fourth-order valence-corrected chi connectivity index (χ4v) is 2.48. The second kappa shape index (κ2) is 7.12. The molecule has 0 N–H and O–H groups in total. The number of hydrogen-bond acceptors (Lipinski definition) is 5. The van der Waals surface area contributed by atoms with Crippen molar-refractivity contribution in [2.24, 2.45) is 17.0 Å². The number of allylic oxidation sites excluding steroid dienone is 1. The van der Waals surface area contributed by atoms with E-state index in [1.807, 2.05) is 61.9 Å². The Morgan fingerprint density at radius 3 is 2.75 bits per heavy atom. The van der Waals surface area contributed by atoms with Crippen LogP contribution in [0.3, 0.4) is 0 Å². The second-order valence-electron chi connectivity index (χ2n) is 5.53. The Morgan fingerprint density at radius 2 is 2.12 bits per heavy atom. The first-order chi connectivity index (χ1) is 11.6. The third-order valence-corrected chi connectivity index (χ3v) is 3.70. The standard InChI is InChI=1S/C18H20N4O2/c1-13(9-16-14(2)21-11-22(16)3)24-17(15-7-5-4-6-8-15)18-20-10-19-12-23-18/h4-9,11-12,17H,10H2,1-3H3/b13-9+. The van der Waals surface area contributed by atoms with E-state index < -0.39 is 6.10 Å². The van der Waals surface area contributed by atoms with Crippen molar-refractivity contribution in [1.82, 2.24) is 9.55 Å². The first-order valence-electron chi connectivity index (χ1n) is 7.72. The van der Waals surface area contributed by atoms with Crippen LogP contribution >= 0.6 is 0 Å². The van der Waals surface area contributed by atoms with Crippen molar-refractivity contribution in [2.75, 3.05) is 6.67 Å². The van der Waals surface area contributed by atoms with Gasteiger partial charge in [0.25, 0.3) is 0 Å². The lowest BCUT2D eigenvalue weighted by Crippen LogP contribution is -2.21. The molecule has 2 aromatic rings. The predicted molar refractivity (Wildman–Crippen MR) is 93.7 cm³/mol. The molecule has 0 fully saturated rings. The Bertz CT molecular complexity index is 771. The maximum atomic E-state index is 6.16. The van der Waals surface area contributed by atoms with E-state index in [0.29, 0.717) is 12.6 Å². The average molecular weight is 324 g/mol. The topological polar surface area (TPSA) is 61.0 Å². The van der Waals surface area contributed by atoms with Gasteiger partial charge >= 0.3 is 0 Å². The van der Waals surface area contributed by atoms with Gasteiger partial charge in [0.05, 0.1) is 23.5 Å². The fraction of sp³-hybridized carbons (Fsp3) is 0.278. The van der Waals surface area contributed by atoms with Crippen LogP contribution in [0.4, 0.5) is 0 Å². The molecule has 0 spiro atoms. The van der Waals surface area contributed by atoms with E-state index >= 15 is 0 Å². The van der Waals surface area contributed by atoms with Gasteiger partial charge in [0, 0.05) is 18.7 Å². The summed E-state index contributed by atoms with van der Waals surface area (Å²) in [7, 11) is 1.96. The molecule has 0 saturated carbocycles. The Kier molecular flexibility index (Phi) is 4.74. The molecule has 1 aromatic carbocycles. The number of rotatable bonds is 5. The van der Waals surface area contributed by atoms with E-state index in [9.17, 15) is 0 Å². The van der Waals surface area contributed by atoms with Crippen molar-refractivity contribution < 1.29 is 9.47 Å². The van der Waals surface area contributed by atoms with Crippen LogP contribution in [-0.2, 0) is 16.5 Å². The van der Waals surface area contributed by atoms with Crippen molar-refractivity contribution in [3.63, 3.8) is 0 Å². The third kappa shape index (κ3) is 3.53. The summed E-state index contributed by atoms with van der Waals surface area (Å²) in [6, 6.07) is 9.88. The van der Waals surface area contributed by atoms with E-state index in [4.69, 9.17) is 9.47 Å². The molecule has 2 heterocycles. The van der Waals surface area contributed by atoms with Gasteiger partial charge in [-0.25, -0.2) is 15.0 Å². The smallest absolute Gasteiger partial charge is 0.239 e. The van der Waals surface area contributed by atoms with Gasteiger partial charge in [0.2, 0.25) is 5.90 Å². The van der Waals surface area contributed by atoms with Crippen molar-refractivity contribution in [3.05, 3.63) is 59.4 Å². The second-order valence-corrected chi connectivity index (χ2v) is 5.53. The minimum absolute atomic E-state index is 0.353. The Hall–Kier alpha value is -2.89. The molecule has 1 atom stereocenters. The summed E-state index contributed by atoms with van der Waals surface area (Å²) < 4.78 is 13.6. The summed E-state index contributed by atoms with van der Waals surface area (Å²) in [5.41, 5.74) is 2.93. The highest BCUT2D eigenvalue weighted by Gasteiger charge is 2.23. The Balaban J connectivity index is 1.88. The largest absolute Gasteiger partial charge is 0.480 e. The highest BCUT2D eigenvalue weighted by Crippen LogP contribution is 2.25. The summed E-state index contributed by atoms with van der Waals surface area (Å²) >= 11 is 0. The SMILES string of the molecule is C/C(=C\c1c(C)ncn1C)OC(C1=NCN=CO1)c1ccccc1. The van der Waals surface area contributed by atoms with Gasteiger partial charge in [-0.3, -0.25) is 0 Å². The van der Waals surface area contributed by atoms with Gasteiger partial charge in [-0.05, 0) is 13.8 Å². The van der Waals surface area contributed by atoms with Crippen molar-refractivity contribution >= 4 is 18.4 Å². The minimum atomic E-state index is -0.414.